The van der Waals surface area contributed by atoms with Gasteiger partial charge >= 0.3 is 0 Å². The molecule has 27 heavy (non-hydrogen) atoms. The fourth-order valence-corrected chi connectivity index (χ4v) is 2.84. The lowest BCUT2D eigenvalue weighted by Gasteiger charge is -2.21. The molecule has 2 N–H and O–H groups in total. The highest BCUT2D eigenvalue weighted by molar-refractivity contribution is 5.95. The standard InChI is InChI=1S/C22H30N2O3/c1-5-6-14-27-20-13-12-18(15-21(20)26-4)22(25)23-19(16-24(2)3)17-10-8-7-9-11-17/h7-13,15,19H,5-6,14,16H2,1-4H3,(H,23,25)/p+1/t19-/m0/s1. The van der Waals surface area contributed by atoms with Crippen LogP contribution in [-0.4, -0.2) is 40.3 Å². The number of rotatable bonds is 10. The average molecular weight is 372 g/mol. The smallest absolute Gasteiger partial charge is 0.252 e. The molecule has 0 bridgehead atoms. The molecule has 0 saturated heterocycles. The number of quaternary nitrogens is 1. The molecule has 5 nitrogen and oxygen atoms in total. The zero-order chi connectivity index (χ0) is 19.6. The number of carbonyl (C=O) groups is 1. The van der Waals surface area contributed by atoms with E-state index in [0.717, 1.165) is 24.9 Å². The summed E-state index contributed by atoms with van der Waals surface area (Å²) in [6, 6.07) is 15.3. The highest BCUT2D eigenvalue weighted by Crippen LogP contribution is 2.28. The number of nitrogens with one attached hydrogen (secondary N) is 2. The summed E-state index contributed by atoms with van der Waals surface area (Å²) >= 11 is 0. The van der Waals surface area contributed by atoms with Gasteiger partial charge in [-0.1, -0.05) is 43.7 Å². The number of hydrogen-bond donors (Lipinski definition) is 2. The largest absolute Gasteiger partial charge is 0.493 e. The average Bonchev–Trinajstić information content (AvgIpc) is 2.68. The van der Waals surface area contributed by atoms with Crippen LogP contribution in [0.5, 0.6) is 11.5 Å². The van der Waals surface area contributed by atoms with E-state index in [0.29, 0.717) is 23.7 Å². The monoisotopic (exact) mass is 371 g/mol. The molecule has 0 radical (unpaired) electrons. The fourth-order valence-electron chi connectivity index (χ4n) is 2.84. The summed E-state index contributed by atoms with van der Waals surface area (Å²) in [6.07, 6.45) is 2.05. The summed E-state index contributed by atoms with van der Waals surface area (Å²) in [4.78, 5) is 14.1. The molecule has 0 unspecified atom stereocenters. The van der Waals surface area contributed by atoms with E-state index in [9.17, 15) is 4.79 Å². The van der Waals surface area contributed by atoms with Crippen molar-refractivity contribution in [2.45, 2.75) is 25.8 Å². The van der Waals surface area contributed by atoms with Gasteiger partial charge in [0.1, 0.15) is 12.6 Å². The van der Waals surface area contributed by atoms with Crippen molar-refractivity contribution >= 4 is 5.91 Å². The van der Waals surface area contributed by atoms with Crippen LogP contribution in [0.1, 0.15) is 41.7 Å². The quantitative estimate of drug-likeness (QED) is 0.631. The number of likely N-dealkylation sites (N-methyl/N-ethyl adjacent to an activating group) is 1. The summed E-state index contributed by atoms with van der Waals surface area (Å²) in [5.41, 5.74) is 1.66. The van der Waals surface area contributed by atoms with Crippen LogP contribution in [0.4, 0.5) is 0 Å². The van der Waals surface area contributed by atoms with Crippen LogP contribution >= 0.6 is 0 Å². The third kappa shape index (κ3) is 6.29. The molecule has 0 aliphatic rings. The third-order valence-corrected chi connectivity index (χ3v) is 4.30. The van der Waals surface area contributed by atoms with Crippen LogP contribution < -0.4 is 19.7 Å². The van der Waals surface area contributed by atoms with Gasteiger partial charge in [-0.05, 0) is 30.2 Å². The zero-order valence-corrected chi connectivity index (χ0v) is 16.7. The molecule has 5 heteroatoms. The molecular weight excluding hydrogens is 340 g/mol. The Morgan fingerprint density at radius 3 is 2.48 bits per heavy atom. The first-order chi connectivity index (χ1) is 13.0. The van der Waals surface area contributed by atoms with Crippen molar-refractivity contribution in [3.63, 3.8) is 0 Å². The highest BCUT2D eigenvalue weighted by Gasteiger charge is 2.19. The molecule has 0 saturated carbocycles. The zero-order valence-electron chi connectivity index (χ0n) is 16.7. The second kappa shape index (κ2) is 10.6. The molecule has 0 spiro atoms. The SMILES string of the molecule is CCCCOc1ccc(C(=O)N[C@@H](C[NH+](C)C)c2ccccc2)cc1OC. The van der Waals surface area contributed by atoms with Gasteiger partial charge in [-0.15, -0.1) is 0 Å². The van der Waals surface area contributed by atoms with Gasteiger partial charge in [0.15, 0.2) is 11.5 Å². The van der Waals surface area contributed by atoms with Crippen molar-refractivity contribution in [1.82, 2.24) is 5.32 Å². The molecule has 2 rings (SSSR count). The van der Waals surface area contributed by atoms with E-state index in [1.54, 1.807) is 25.3 Å². The number of methoxy groups -OCH3 is 1. The number of hydrogen-bond acceptors (Lipinski definition) is 3. The van der Waals surface area contributed by atoms with Crippen molar-refractivity contribution in [2.75, 3.05) is 34.4 Å². The van der Waals surface area contributed by atoms with E-state index in [1.165, 1.54) is 4.90 Å². The number of unbranched alkanes of at least 4 members (excludes halogenated alkanes) is 1. The van der Waals surface area contributed by atoms with Crippen LogP contribution in [0.2, 0.25) is 0 Å². The molecule has 1 amide bonds. The normalized spacial score (nSPS) is 11.9. The molecule has 2 aromatic rings. The van der Waals surface area contributed by atoms with E-state index < -0.39 is 0 Å². The Balaban J connectivity index is 2.15. The predicted octanol–water partition coefficient (Wildman–Crippen LogP) is 2.49. The molecule has 1 atom stereocenters. The first-order valence-corrected chi connectivity index (χ1v) is 9.50. The van der Waals surface area contributed by atoms with Crippen molar-refractivity contribution in [2.24, 2.45) is 0 Å². The Kier molecular flexibility index (Phi) is 8.14. The van der Waals surface area contributed by atoms with Gasteiger partial charge in [-0.25, -0.2) is 0 Å². The minimum atomic E-state index is -0.122. The second-order valence-electron chi connectivity index (χ2n) is 6.92. The number of ether oxygens (including phenoxy) is 2. The van der Waals surface area contributed by atoms with Gasteiger partial charge in [-0.2, -0.15) is 0 Å². The van der Waals surface area contributed by atoms with Gasteiger partial charge in [0, 0.05) is 5.56 Å². The van der Waals surface area contributed by atoms with Gasteiger partial charge in [-0.3, -0.25) is 4.79 Å². The highest BCUT2D eigenvalue weighted by atomic mass is 16.5. The van der Waals surface area contributed by atoms with E-state index in [4.69, 9.17) is 9.47 Å². The maximum atomic E-state index is 12.8. The van der Waals surface area contributed by atoms with Gasteiger partial charge in [0.25, 0.3) is 5.91 Å². The molecule has 146 valence electrons. The lowest BCUT2D eigenvalue weighted by molar-refractivity contribution is -0.860. The van der Waals surface area contributed by atoms with Crippen molar-refractivity contribution in [3.05, 3.63) is 59.7 Å². The summed E-state index contributed by atoms with van der Waals surface area (Å²) in [5, 5.41) is 3.15. The molecule has 0 aromatic heterocycles. The lowest BCUT2D eigenvalue weighted by Crippen LogP contribution is -3.06. The van der Waals surface area contributed by atoms with Crippen LogP contribution in [0.15, 0.2) is 48.5 Å². The number of amides is 1. The first kappa shape index (κ1) is 20.8. The molecule has 0 heterocycles. The summed E-state index contributed by atoms with van der Waals surface area (Å²) in [7, 11) is 5.74. The van der Waals surface area contributed by atoms with E-state index >= 15 is 0 Å². The van der Waals surface area contributed by atoms with E-state index in [2.05, 4.69) is 26.3 Å². The van der Waals surface area contributed by atoms with Gasteiger partial charge in [0.2, 0.25) is 0 Å². The Morgan fingerprint density at radius 2 is 1.85 bits per heavy atom. The topological polar surface area (TPSA) is 52.0 Å². The van der Waals surface area contributed by atoms with Gasteiger partial charge < -0.3 is 19.7 Å². The van der Waals surface area contributed by atoms with E-state index in [1.807, 2.05) is 30.3 Å². The van der Waals surface area contributed by atoms with Crippen molar-refractivity contribution < 1.29 is 19.2 Å². The lowest BCUT2D eigenvalue weighted by atomic mass is 10.1. The minimum Gasteiger partial charge on any atom is -0.493 e. The van der Waals surface area contributed by atoms with E-state index in [-0.39, 0.29) is 11.9 Å². The van der Waals surface area contributed by atoms with Crippen LogP contribution in [0, 0.1) is 0 Å². The summed E-state index contributed by atoms with van der Waals surface area (Å²) < 4.78 is 11.2. The number of carbonyl (C=O) groups excluding carboxylic acids is 1. The fraction of sp³-hybridized carbons (Fsp3) is 0.409. The predicted molar refractivity (Wildman–Crippen MR) is 108 cm³/mol. The molecule has 2 aromatic carbocycles. The Hall–Kier alpha value is -2.53. The van der Waals surface area contributed by atoms with Crippen LogP contribution in [0.25, 0.3) is 0 Å². The Bertz CT molecular complexity index is 717. The van der Waals surface area contributed by atoms with Crippen LogP contribution in [0.3, 0.4) is 0 Å². The van der Waals surface area contributed by atoms with Crippen molar-refractivity contribution in [3.8, 4) is 11.5 Å². The Morgan fingerprint density at radius 1 is 1.11 bits per heavy atom. The first-order valence-electron chi connectivity index (χ1n) is 9.50. The maximum Gasteiger partial charge on any atom is 0.252 e. The number of benzene rings is 2. The summed E-state index contributed by atoms with van der Waals surface area (Å²) in [6.45, 7) is 3.55. The molecular formula is C22H31N2O3+. The molecule has 0 aliphatic carbocycles. The Labute approximate surface area is 162 Å². The van der Waals surface area contributed by atoms with Gasteiger partial charge in [0.05, 0.1) is 27.8 Å². The third-order valence-electron chi connectivity index (χ3n) is 4.30. The minimum absolute atomic E-state index is 0.0600. The molecule has 0 fully saturated rings. The molecule has 0 aliphatic heterocycles. The second-order valence-corrected chi connectivity index (χ2v) is 6.92. The maximum absolute atomic E-state index is 12.8. The summed E-state index contributed by atoms with van der Waals surface area (Å²) in [5.74, 6) is 1.12. The van der Waals surface area contributed by atoms with Crippen molar-refractivity contribution in [1.29, 1.82) is 0 Å². The van der Waals surface area contributed by atoms with Crippen LogP contribution in [-0.2, 0) is 0 Å².